The smallest absolute Gasteiger partial charge is 0.264 e. The fourth-order valence-corrected chi connectivity index (χ4v) is 6.64. The van der Waals surface area contributed by atoms with Crippen LogP contribution in [0.3, 0.4) is 0 Å². The number of para-hydroxylation sites is 1. The van der Waals surface area contributed by atoms with E-state index in [2.05, 4.69) is 5.32 Å². The maximum Gasteiger partial charge on any atom is 0.264 e. The molecule has 4 aromatic rings. The van der Waals surface area contributed by atoms with Gasteiger partial charge in [0.15, 0.2) is 11.5 Å². The van der Waals surface area contributed by atoms with E-state index in [0.717, 1.165) is 9.87 Å². The highest BCUT2D eigenvalue weighted by atomic mass is 35.5. The van der Waals surface area contributed by atoms with Gasteiger partial charge in [-0.1, -0.05) is 72.3 Å². The number of nitrogens with one attached hydrogen (secondary N) is 1. The van der Waals surface area contributed by atoms with Gasteiger partial charge in [-0.05, 0) is 61.4 Å². The zero-order valence-electron chi connectivity index (χ0n) is 26.2. The molecular formula is C35H38ClN3O6S. The van der Waals surface area contributed by atoms with Crippen LogP contribution in [0.4, 0.5) is 5.69 Å². The fraction of sp³-hybridized carbons (Fsp3) is 0.257. The standard InChI is InChI=1S/C35H38ClN3O6S/c1-25(2)37-35(41)31(21-26-12-7-5-8-13-26)38(23-27-14-11-15-28(36)20-27)34(40)24-39(29-16-9-6-10-17-29)46(42,43)30-18-19-32(44-3)33(22-30)45-4/h5-20,22,25,31H,21,23-24H2,1-4H3,(H,37,41). The Hall–Kier alpha value is -4.54. The highest BCUT2D eigenvalue weighted by Crippen LogP contribution is 2.32. The molecule has 0 saturated heterocycles. The molecule has 1 unspecified atom stereocenters. The van der Waals surface area contributed by atoms with Crippen LogP contribution in [0, 0.1) is 0 Å². The Bertz CT molecular complexity index is 1740. The lowest BCUT2D eigenvalue weighted by Gasteiger charge is -2.34. The number of hydrogen-bond acceptors (Lipinski definition) is 6. The van der Waals surface area contributed by atoms with Crippen molar-refractivity contribution in [2.45, 2.75) is 43.8 Å². The molecular weight excluding hydrogens is 626 g/mol. The van der Waals surface area contributed by atoms with Gasteiger partial charge >= 0.3 is 0 Å². The average Bonchev–Trinajstić information content (AvgIpc) is 3.05. The van der Waals surface area contributed by atoms with E-state index >= 15 is 0 Å². The number of anilines is 1. The second-order valence-corrected chi connectivity index (χ2v) is 13.2. The number of amides is 2. The first-order valence-electron chi connectivity index (χ1n) is 14.7. The van der Waals surface area contributed by atoms with Crippen LogP contribution in [-0.2, 0) is 32.6 Å². The highest BCUT2D eigenvalue weighted by Gasteiger charge is 2.35. The summed E-state index contributed by atoms with van der Waals surface area (Å²) >= 11 is 6.30. The Morgan fingerprint density at radius 3 is 2.04 bits per heavy atom. The quantitative estimate of drug-likeness (QED) is 0.185. The summed E-state index contributed by atoms with van der Waals surface area (Å²) in [4.78, 5) is 29.6. The van der Waals surface area contributed by atoms with Crippen LogP contribution in [0.25, 0.3) is 0 Å². The third-order valence-electron chi connectivity index (χ3n) is 7.21. The van der Waals surface area contributed by atoms with E-state index in [1.54, 1.807) is 54.6 Å². The van der Waals surface area contributed by atoms with Crippen molar-refractivity contribution in [1.29, 1.82) is 0 Å². The number of halogens is 1. The molecule has 11 heteroatoms. The number of methoxy groups -OCH3 is 2. The van der Waals surface area contributed by atoms with E-state index in [1.165, 1.54) is 37.3 Å². The van der Waals surface area contributed by atoms with Crippen LogP contribution in [0.15, 0.2) is 108 Å². The monoisotopic (exact) mass is 663 g/mol. The summed E-state index contributed by atoms with van der Waals surface area (Å²) < 4.78 is 40.2. The van der Waals surface area contributed by atoms with Gasteiger partial charge < -0.3 is 19.7 Å². The summed E-state index contributed by atoms with van der Waals surface area (Å²) in [6.07, 6.45) is 0.208. The fourth-order valence-electron chi connectivity index (χ4n) is 4.99. The lowest BCUT2D eigenvalue weighted by atomic mass is 10.0. The number of sulfonamides is 1. The van der Waals surface area contributed by atoms with Crippen molar-refractivity contribution >= 4 is 39.1 Å². The van der Waals surface area contributed by atoms with E-state index in [1.807, 2.05) is 44.2 Å². The molecule has 4 aromatic carbocycles. The van der Waals surface area contributed by atoms with Crippen molar-refractivity contribution in [2.75, 3.05) is 25.1 Å². The Labute approximate surface area is 275 Å². The van der Waals surface area contributed by atoms with Crippen LogP contribution in [0.1, 0.15) is 25.0 Å². The summed E-state index contributed by atoms with van der Waals surface area (Å²) in [6.45, 7) is 3.11. The van der Waals surface area contributed by atoms with E-state index < -0.39 is 28.5 Å². The van der Waals surface area contributed by atoms with Crippen LogP contribution in [0.2, 0.25) is 5.02 Å². The molecule has 0 heterocycles. The average molecular weight is 664 g/mol. The predicted molar refractivity (Wildman–Crippen MR) is 180 cm³/mol. The minimum Gasteiger partial charge on any atom is -0.493 e. The molecule has 1 N–H and O–H groups in total. The Morgan fingerprint density at radius 1 is 0.804 bits per heavy atom. The number of hydrogen-bond donors (Lipinski definition) is 1. The van der Waals surface area contributed by atoms with Crippen molar-refractivity contribution in [3.05, 3.63) is 119 Å². The van der Waals surface area contributed by atoms with Crippen molar-refractivity contribution < 1.29 is 27.5 Å². The van der Waals surface area contributed by atoms with Crippen molar-refractivity contribution in [1.82, 2.24) is 10.2 Å². The first-order valence-corrected chi connectivity index (χ1v) is 16.5. The van der Waals surface area contributed by atoms with Gasteiger partial charge in [-0.3, -0.25) is 13.9 Å². The van der Waals surface area contributed by atoms with E-state index in [-0.39, 0.29) is 41.2 Å². The number of benzene rings is 4. The molecule has 46 heavy (non-hydrogen) atoms. The van der Waals surface area contributed by atoms with Gasteiger partial charge in [0.2, 0.25) is 11.8 Å². The lowest BCUT2D eigenvalue weighted by Crippen LogP contribution is -2.54. The molecule has 0 saturated carbocycles. The third-order valence-corrected chi connectivity index (χ3v) is 9.21. The minimum atomic E-state index is -4.32. The molecule has 1 atom stereocenters. The van der Waals surface area contributed by atoms with Crippen LogP contribution in [-0.4, -0.2) is 58.0 Å². The normalized spacial score (nSPS) is 11.9. The van der Waals surface area contributed by atoms with Gasteiger partial charge in [0.1, 0.15) is 12.6 Å². The molecule has 2 amide bonds. The van der Waals surface area contributed by atoms with Gasteiger partial charge in [0.05, 0.1) is 24.8 Å². The first-order chi connectivity index (χ1) is 22.0. The first kappa shape index (κ1) is 34.3. The molecule has 0 fully saturated rings. The maximum absolute atomic E-state index is 14.5. The summed E-state index contributed by atoms with van der Waals surface area (Å²) in [7, 11) is -1.45. The van der Waals surface area contributed by atoms with Crippen molar-refractivity contribution in [3.63, 3.8) is 0 Å². The largest absolute Gasteiger partial charge is 0.493 e. The van der Waals surface area contributed by atoms with Gasteiger partial charge in [-0.2, -0.15) is 0 Å². The molecule has 9 nitrogen and oxygen atoms in total. The molecule has 0 radical (unpaired) electrons. The predicted octanol–water partition coefficient (Wildman–Crippen LogP) is 5.72. The maximum atomic E-state index is 14.5. The molecule has 0 aromatic heterocycles. The summed E-state index contributed by atoms with van der Waals surface area (Å²) in [5, 5.41) is 3.41. The van der Waals surface area contributed by atoms with Gasteiger partial charge in [0, 0.05) is 30.1 Å². The zero-order chi connectivity index (χ0) is 33.3. The second-order valence-electron chi connectivity index (χ2n) is 10.9. The Kier molecular flexibility index (Phi) is 11.7. The molecule has 0 aliphatic rings. The van der Waals surface area contributed by atoms with Crippen LogP contribution < -0.4 is 19.1 Å². The topological polar surface area (TPSA) is 105 Å². The minimum absolute atomic E-state index is 0.0153. The number of nitrogens with zero attached hydrogens (tertiary/aromatic N) is 2. The van der Waals surface area contributed by atoms with E-state index in [0.29, 0.717) is 16.3 Å². The molecule has 242 valence electrons. The van der Waals surface area contributed by atoms with Crippen LogP contribution >= 0.6 is 11.6 Å². The van der Waals surface area contributed by atoms with Gasteiger partial charge in [-0.15, -0.1) is 0 Å². The summed E-state index contributed by atoms with van der Waals surface area (Å²) in [5.74, 6) is -0.355. The van der Waals surface area contributed by atoms with Crippen LogP contribution in [0.5, 0.6) is 11.5 Å². The lowest BCUT2D eigenvalue weighted by molar-refractivity contribution is -0.140. The molecule has 4 rings (SSSR count). The molecule has 0 aliphatic carbocycles. The van der Waals surface area contributed by atoms with Gasteiger partial charge in [-0.25, -0.2) is 8.42 Å². The molecule has 0 bridgehead atoms. The Morgan fingerprint density at radius 2 is 1.43 bits per heavy atom. The zero-order valence-corrected chi connectivity index (χ0v) is 27.8. The van der Waals surface area contributed by atoms with E-state index in [9.17, 15) is 18.0 Å². The Balaban J connectivity index is 1.81. The SMILES string of the molecule is COc1ccc(S(=O)(=O)N(CC(=O)N(Cc2cccc(Cl)c2)C(Cc2ccccc2)C(=O)NC(C)C)c2ccccc2)cc1OC. The number of ether oxygens (including phenoxy) is 2. The van der Waals surface area contributed by atoms with Crippen molar-refractivity contribution in [2.24, 2.45) is 0 Å². The number of carbonyl (C=O) groups excluding carboxylic acids is 2. The second kappa shape index (κ2) is 15.6. The highest BCUT2D eigenvalue weighted by molar-refractivity contribution is 7.92. The molecule has 0 spiro atoms. The third kappa shape index (κ3) is 8.58. The number of carbonyl (C=O) groups is 2. The summed E-state index contributed by atoms with van der Waals surface area (Å²) in [6, 6.07) is 27.8. The summed E-state index contributed by atoms with van der Waals surface area (Å²) in [5.41, 5.74) is 1.80. The number of rotatable bonds is 14. The van der Waals surface area contributed by atoms with Crippen molar-refractivity contribution in [3.8, 4) is 11.5 Å². The molecule has 0 aliphatic heterocycles. The van der Waals surface area contributed by atoms with E-state index in [4.69, 9.17) is 21.1 Å². The van der Waals surface area contributed by atoms with Gasteiger partial charge in [0.25, 0.3) is 10.0 Å².